The lowest BCUT2D eigenvalue weighted by molar-refractivity contribution is -0.135. The van der Waals surface area contributed by atoms with Gasteiger partial charge in [-0.3, -0.25) is 4.79 Å². The van der Waals surface area contributed by atoms with E-state index in [1.165, 1.54) is 16.4 Å². The number of hydrogen-bond donors (Lipinski definition) is 0. The fraction of sp³-hybridized carbons (Fsp3) is 0.409. The van der Waals surface area contributed by atoms with E-state index >= 15 is 0 Å². The van der Waals surface area contributed by atoms with Gasteiger partial charge in [-0.2, -0.15) is 4.31 Å². The summed E-state index contributed by atoms with van der Waals surface area (Å²) in [7, 11) is -1.80. The first-order valence-electron chi connectivity index (χ1n) is 10.0. The highest BCUT2D eigenvalue weighted by Crippen LogP contribution is 2.27. The predicted octanol–water partition coefficient (Wildman–Crippen LogP) is 3.80. The van der Waals surface area contributed by atoms with Crippen LogP contribution in [0.25, 0.3) is 0 Å². The lowest BCUT2D eigenvalue weighted by atomic mass is 9.96. The Bertz CT molecular complexity index is 971. The second-order valence-electron chi connectivity index (χ2n) is 7.37. The predicted molar refractivity (Wildman–Crippen MR) is 117 cm³/mol. The number of sulfonamides is 1. The van der Waals surface area contributed by atoms with Gasteiger partial charge >= 0.3 is 0 Å². The maximum absolute atomic E-state index is 12.9. The second-order valence-corrected chi connectivity index (χ2v) is 9.74. The molecule has 2 aromatic carbocycles. The van der Waals surface area contributed by atoms with E-state index in [0.717, 1.165) is 11.3 Å². The van der Waals surface area contributed by atoms with Crippen molar-refractivity contribution in [3.63, 3.8) is 0 Å². The minimum absolute atomic E-state index is 0.0323. The first-order valence-corrected chi connectivity index (χ1v) is 11.9. The van der Waals surface area contributed by atoms with Gasteiger partial charge in [0.05, 0.1) is 11.5 Å². The van der Waals surface area contributed by atoms with Gasteiger partial charge < -0.3 is 9.64 Å². The topological polar surface area (TPSA) is 66.9 Å². The molecule has 0 aliphatic carbocycles. The zero-order chi connectivity index (χ0) is 21.7. The molecule has 1 aliphatic rings. The highest BCUT2D eigenvalue weighted by atomic mass is 35.5. The first-order chi connectivity index (χ1) is 14.3. The molecule has 0 N–H and O–H groups in total. The molecule has 1 saturated heterocycles. The number of halogens is 1. The molecule has 0 radical (unpaired) electrons. The van der Waals surface area contributed by atoms with E-state index < -0.39 is 10.0 Å². The number of para-hydroxylation sites is 1. The number of carbonyl (C=O) groups is 1. The monoisotopic (exact) mass is 450 g/mol. The van der Waals surface area contributed by atoms with Gasteiger partial charge in [0.2, 0.25) is 15.9 Å². The number of amides is 1. The van der Waals surface area contributed by atoms with Crippen molar-refractivity contribution in [2.24, 2.45) is 5.92 Å². The van der Waals surface area contributed by atoms with Crippen molar-refractivity contribution in [1.29, 1.82) is 0 Å². The molecule has 0 bridgehead atoms. The van der Waals surface area contributed by atoms with Crippen LogP contribution >= 0.6 is 11.6 Å². The summed E-state index contributed by atoms with van der Waals surface area (Å²) < 4.78 is 32.7. The zero-order valence-electron chi connectivity index (χ0n) is 17.3. The third-order valence-electron chi connectivity index (χ3n) is 5.31. The summed E-state index contributed by atoms with van der Waals surface area (Å²) >= 11 is 5.86. The Morgan fingerprint density at radius 3 is 2.40 bits per heavy atom. The molecule has 162 valence electrons. The minimum Gasteiger partial charge on any atom is -0.494 e. The number of ether oxygens (including phenoxy) is 1. The summed E-state index contributed by atoms with van der Waals surface area (Å²) in [6, 6.07) is 13.9. The van der Waals surface area contributed by atoms with E-state index in [1.54, 1.807) is 24.1 Å². The molecule has 1 aliphatic heterocycles. The van der Waals surface area contributed by atoms with E-state index in [-0.39, 0.29) is 16.7 Å². The minimum atomic E-state index is -3.58. The van der Waals surface area contributed by atoms with E-state index in [4.69, 9.17) is 16.3 Å². The lowest BCUT2D eigenvalue weighted by Crippen LogP contribution is -2.43. The van der Waals surface area contributed by atoms with E-state index in [9.17, 15) is 13.2 Å². The van der Waals surface area contributed by atoms with Crippen molar-refractivity contribution < 1.29 is 17.9 Å². The highest BCUT2D eigenvalue weighted by molar-refractivity contribution is 7.89. The molecule has 1 heterocycles. The summed E-state index contributed by atoms with van der Waals surface area (Å²) in [4.78, 5) is 14.9. The average Bonchev–Trinajstić information content (AvgIpc) is 2.75. The van der Waals surface area contributed by atoms with E-state index in [2.05, 4.69) is 0 Å². The van der Waals surface area contributed by atoms with Gasteiger partial charge in [0, 0.05) is 43.2 Å². The van der Waals surface area contributed by atoms with Gasteiger partial charge in [-0.25, -0.2) is 8.42 Å². The molecule has 6 nitrogen and oxygen atoms in total. The summed E-state index contributed by atoms with van der Waals surface area (Å²) in [5, 5.41) is 0.493. The largest absolute Gasteiger partial charge is 0.494 e. The Labute approximate surface area is 183 Å². The summed E-state index contributed by atoms with van der Waals surface area (Å²) in [6.07, 6.45) is 1.01. The molecule has 8 heteroatoms. The van der Waals surface area contributed by atoms with Crippen LogP contribution in [0, 0.1) is 5.92 Å². The molecule has 0 spiro atoms. The Kier molecular flexibility index (Phi) is 7.39. The third kappa shape index (κ3) is 5.14. The number of hydrogen-bond acceptors (Lipinski definition) is 4. The van der Waals surface area contributed by atoms with Gasteiger partial charge in [-0.05, 0) is 50.1 Å². The van der Waals surface area contributed by atoms with Crippen molar-refractivity contribution in [3.8, 4) is 5.75 Å². The molecule has 1 amide bonds. The number of nitrogens with zero attached hydrogens (tertiary/aromatic N) is 2. The Balaban J connectivity index is 1.60. The van der Waals surface area contributed by atoms with Crippen molar-refractivity contribution in [2.45, 2.75) is 31.2 Å². The van der Waals surface area contributed by atoms with Crippen LogP contribution in [0.4, 0.5) is 0 Å². The van der Waals surface area contributed by atoms with Gasteiger partial charge in [0.15, 0.2) is 0 Å². The molecular weight excluding hydrogens is 424 g/mol. The molecule has 0 atom stereocenters. The Morgan fingerprint density at radius 1 is 1.13 bits per heavy atom. The van der Waals surface area contributed by atoms with Crippen molar-refractivity contribution in [2.75, 3.05) is 26.7 Å². The molecule has 1 fully saturated rings. The van der Waals surface area contributed by atoms with Gasteiger partial charge in [0.25, 0.3) is 0 Å². The Hall–Kier alpha value is -2.09. The van der Waals surface area contributed by atoms with Crippen LogP contribution in [-0.4, -0.2) is 50.3 Å². The highest BCUT2D eigenvalue weighted by Gasteiger charge is 2.33. The summed E-state index contributed by atoms with van der Waals surface area (Å²) in [5.41, 5.74) is 0.956. The third-order valence-corrected chi connectivity index (χ3v) is 7.48. The van der Waals surface area contributed by atoms with Gasteiger partial charge in [-0.1, -0.05) is 29.8 Å². The number of carbonyl (C=O) groups excluding carboxylic acids is 1. The van der Waals surface area contributed by atoms with Crippen LogP contribution in [0.3, 0.4) is 0 Å². The van der Waals surface area contributed by atoms with Crippen LogP contribution in [-0.2, 0) is 21.4 Å². The van der Waals surface area contributed by atoms with Crippen LogP contribution < -0.4 is 4.74 Å². The molecule has 0 aromatic heterocycles. The van der Waals surface area contributed by atoms with Gasteiger partial charge in [0.1, 0.15) is 5.75 Å². The number of benzene rings is 2. The number of rotatable bonds is 7. The molecule has 0 unspecified atom stereocenters. The Morgan fingerprint density at radius 2 is 1.77 bits per heavy atom. The quantitative estimate of drug-likeness (QED) is 0.643. The standard InChI is InChI=1S/C22H27ClN2O4S/c1-3-29-21-7-5-4-6-18(21)16-24(2)22(26)17-12-14-25(15-13-17)30(27,28)20-10-8-19(23)9-11-20/h4-11,17H,3,12-16H2,1-2H3. The number of piperidine rings is 1. The fourth-order valence-electron chi connectivity index (χ4n) is 3.67. The second kappa shape index (κ2) is 9.81. The lowest BCUT2D eigenvalue weighted by Gasteiger charge is -2.32. The molecule has 30 heavy (non-hydrogen) atoms. The van der Waals surface area contributed by atoms with Crippen molar-refractivity contribution >= 4 is 27.5 Å². The molecule has 0 saturated carbocycles. The average molecular weight is 451 g/mol. The van der Waals surface area contributed by atoms with E-state index in [0.29, 0.717) is 44.1 Å². The molecular formula is C22H27ClN2O4S. The normalized spacial score (nSPS) is 15.7. The summed E-state index contributed by atoms with van der Waals surface area (Å²) in [5.74, 6) is 0.624. The van der Waals surface area contributed by atoms with Crippen LogP contribution in [0.15, 0.2) is 53.4 Å². The fourth-order valence-corrected chi connectivity index (χ4v) is 5.27. The molecule has 2 aromatic rings. The maximum atomic E-state index is 12.9. The van der Waals surface area contributed by atoms with Crippen LogP contribution in [0.2, 0.25) is 5.02 Å². The van der Waals surface area contributed by atoms with Crippen LogP contribution in [0.5, 0.6) is 5.75 Å². The first kappa shape index (κ1) is 22.6. The van der Waals surface area contributed by atoms with E-state index in [1.807, 2.05) is 31.2 Å². The summed E-state index contributed by atoms with van der Waals surface area (Å²) in [6.45, 7) is 3.60. The van der Waals surface area contributed by atoms with Crippen molar-refractivity contribution in [3.05, 3.63) is 59.1 Å². The van der Waals surface area contributed by atoms with Crippen LogP contribution in [0.1, 0.15) is 25.3 Å². The smallest absolute Gasteiger partial charge is 0.243 e. The van der Waals surface area contributed by atoms with Gasteiger partial charge in [-0.15, -0.1) is 0 Å². The zero-order valence-corrected chi connectivity index (χ0v) is 18.8. The SMILES string of the molecule is CCOc1ccccc1CN(C)C(=O)C1CCN(S(=O)(=O)c2ccc(Cl)cc2)CC1. The molecule has 3 rings (SSSR count). The maximum Gasteiger partial charge on any atom is 0.243 e. The van der Waals surface area contributed by atoms with Crippen molar-refractivity contribution in [1.82, 2.24) is 9.21 Å².